The van der Waals surface area contributed by atoms with Gasteiger partial charge < -0.3 is 0 Å². The summed E-state index contributed by atoms with van der Waals surface area (Å²) in [4.78, 5) is 26.2. The highest BCUT2D eigenvalue weighted by molar-refractivity contribution is 9.10. The number of fused-ring (bicyclic) bond motifs is 1. The molecular weight excluding hydrogens is 330 g/mol. The molecule has 2 aliphatic rings. The molecule has 2 amide bonds. The highest BCUT2D eigenvalue weighted by Crippen LogP contribution is 2.42. The van der Waals surface area contributed by atoms with Gasteiger partial charge in [0.2, 0.25) is 11.8 Å². The summed E-state index contributed by atoms with van der Waals surface area (Å²) in [5, 5.41) is 0.522. The van der Waals surface area contributed by atoms with E-state index in [-0.39, 0.29) is 23.7 Å². The van der Waals surface area contributed by atoms with Gasteiger partial charge in [-0.15, -0.1) is 0 Å². The van der Waals surface area contributed by atoms with Gasteiger partial charge in [-0.2, -0.15) is 0 Å². The molecular formula is C14H13BrClNO2. The lowest BCUT2D eigenvalue weighted by molar-refractivity contribution is -0.122. The van der Waals surface area contributed by atoms with E-state index in [0.717, 1.165) is 30.2 Å². The predicted octanol–water partition coefficient (Wildman–Crippen LogP) is 3.78. The van der Waals surface area contributed by atoms with E-state index in [1.54, 1.807) is 18.2 Å². The van der Waals surface area contributed by atoms with Crippen LogP contribution in [0.15, 0.2) is 22.7 Å². The van der Waals surface area contributed by atoms with Gasteiger partial charge in [0.25, 0.3) is 0 Å². The summed E-state index contributed by atoms with van der Waals surface area (Å²) in [6.45, 7) is 0. The Hall–Kier alpha value is -0.870. The van der Waals surface area contributed by atoms with Gasteiger partial charge in [-0.1, -0.05) is 24.4 Å². The molecule has 0 aromatic heterocycles. The number of imide groups is 1. The van der Waals surface area contributed by atoms with Crippen LogP contribution in [0.4, 0.5) is 5.69 Å². The first-order chi connectivity index (χ1) is 9.09. The Morgan fingerprint density at radius 2 is 1.68 bits per heavy atom. The third kappa shape index (κ3) is 2.11. The molecule has 19 heavy (non-hydrogen) atoms. The number of hydrogen-bond donors (Lipinski definition) is 0. The minimum atomic E-state index is -0.132. The quantitative estimate of drug-likeness (QED) is 0.728. The Kier molecular flexibility index (Phi) is 3.39. The number of amides is 2. The average Bonchev–Trinajstić information content (AvgIpc) is 2.66. The molecule has 1 aliphatic carbocycles. The molecule has 1 aromatic rings. The fourth-order valence-corrected chi connectivity index (χ4v) is 3.65. The SMILES string of the molecule is O=C1C2CCCCC2C(=O)N1c1cc(Cl)ccc1Br. The van der Waals surface area contributed by atoms with Gasteiger partial charge in [-0.05, 0) is 47.0 Å². The fourth-order valence-electron chi connectivity index (χ4n) is 3.06. The van der Waals surface area contributed by atoms with E-state index in [0.29, 0.717) is 10.7 Å². The van der Waals surface area contributed by atoms with Crippen LogP contribution in [-0.4, -0.2) is 11.8 Å². The minimum Gasteiger partial charge on any atom is -0.274 e. The van der Waals surface area contributed by atoms with Gasteiger partial charge in [0.15, 0.2) is 0 Å². The van der Waals surface area contributed by atoms with Crippen LogP contribution in [-0.2, 0) is 9.59 Å². The number of carbonyl (C=O) groups is 2. The summed E-state index contributed by atoms with van der Waals surface area (Å²) >= 11 is 9.36. The smallest absolute Gasteiger partial charge is 0.237 e. The second-order valence-corrected chi connectivity index (χ2v) is 6.40. The lowest BCUT2D eigenvalue weighted by Gasteiger charge is -2.19. The van der Waals surface area contributed by atoms with E-state index in [9.17, 15) is 9.59 Å². The maximum absolute atomic E-state index is 12.5. The van der Waals surface area contributed by atoms with Crippen molar-refractivity contribution in [2.45, 2.75) is 25.7 Å². The number of halogens is 2. The van der Waals surface area contributed by atoms with E-state index in [2.05, 4.69) is 15.9 Å². The monoisotopic (exact) mass is 341 g/mol. The van der Waals surface area contributed by atoms with Gasteiger partial charge >= 0.3 is 0 Å². The number of hydrogen-bond acceptors (Lipinski definition) is 2. The van der Waals surface area contributed by atoms with Crippen molar-refractivity contribution in [2.24, 2.45) is 11.8 Å². The molecule has 0 bridgehead atoms. The van der Waals surface area contributed by atoms with Crippen molar-refractivity contribution in [1.82, 2.24) is 0 Å². The van der Waals surface area contributed by atoms with Crippen molar-refractivity contribution < 1.29 is 9.59 Å². The van der Waals surface area contributed by atoms with E-state index in [1.807, 2.05) is 0 Å². The maximum atomic E-state index is 12.5. The van der Waals surface area contributed by atoms with Crippen molar-refractivity contribution in [1.29, 1.82) is 0 Å². The van der Waals surface area contributed by atoms with Crippen LogP contribution < -0.4 is 4.90 Å². The molecule has 2 atom stereocenters. The topological polar surface area (TPSA) is 37.4 Å². The van der Waals surface area contributed by atoms with Crippen molar-refractivity contribution >= 4 is 45.0 Å². The van der Waals surface area contributed by atoms with E-state index >= 15 is 0 Å². The van der Waals surface area contributed by atoms with Gasteiger partial charge in [-0.3, -0.25) is 9.59 Å². The molecule has 5 heteroatoms. The van der Waals surface area contributed by atoms with Crippen LogP contribution in [0.1, 0.15) is 25.7 Å². The standard InChI is InChI=1S/C14H13BrClNO2/c15-11-6-5-8(16)7-12(11)17-13(18)9-3-1-2-4-10(9)14(17)19/h5-7,9-10H,1-4H2. The van der Waals surface area contributed by atoms with E-state index < -0.39 is 0 Å². The van der Waals surface area contributed by atoms with Crippen molar-refractivity contribution in [2.75, 3.05) is 4.90 Å². The summed E-state index contributed by atoms with van der Waals surface area (Å²) in [5.74, 6) is -0.408. The first-order valence-corrected chi connectivity index (χ1v) is 7.59. The number of carbonyl (C=O) groups excluding carboxylic acids is 2. The summed E-state index contributed by atoms with van der Waals surface area (Å²) in [5.41, 5.74) is 0.567. The zero-order valence-corrected chi connectivity index (χ0v) is 12.6. The Labute approximate surface area is 125 Å². The van der Waals surface area contributed by atoms with Crippen LogP contribution in [0.2, 0.25) is 5.02 Å². The lowest BCUT2D eigenvalue weighted by Crippen LogP contribution is -2.31. The average molecular weight is 343 g/mol. The van der Waals surface area contributed by atoms with Gasteiger partial charge in [0.1, 0.15) is 0 Å². The Bertz CT molecular complexity index is 536. The van der Waals surface area contributed by atoms with E-state index in [1.165, 1.54) is 4.90 Å². The summed E-state index contributed by atoms with van der Waals surface area (Å²) in [6, 6.07) is 5.16. The highest BCUT2D eigenvalue weighted by Gasteiger charge is 2.49. The Balaban J connectivity index is 2.03. The molecule has 100 valence electrons. The molecule has 3 rings (SSSR count). The number of benzene rings is 1. The molecule has 1 aliphatic heterocycles. The van der Waals surface area contributed by atoms with E-state index in [4.69, 9.17) is 11.6 Å². The summed E-state index contributed by atoms with van der Waals surface area (Å²) in [7, 11) is 0. The molecule has 3 nitrogen and oxygen atoms in total. The highest BCUT2D eigenvalue weighted by atomic mass is 79.9. The third-order valence-corrected chi connectivity index (χ3v) is 4.90. The number of anilines is 1. The van der Waals surface area contributed by atoms with Crippen molar-refractivity contribution in [3.8, 4) is 0 Å². The molecule has 1 saturated heterocycles. The van der Waals surface area contributed by atoms with Crippen LogP contribution in [0.5, 0.6) is 0 Å². The molecule has 1 heterocycles. The minimum absolute atomic E-state index is 0.0716. The molecule has 2 unspecified atom stereocenters. The molecule has 0 spiro atoms. The summed E-state index contributed by atoms with van der Waals surface area (Å²) in [6.07, 6.45) is 3.71. The summed E-state index contributed by atoms with van der Waals surface area (Å²) < 4.78 is 0.720. The fraction of sp³-hybridized carbons (Fsp3) is 0.429. The molecule has 1 saturated carbocycles. The zero-order valence-electron chi connectivity index (χ0n) is 10.2. The van der Waals surface area contributed by atoms with Crippen LogP contribution in [0.25, 0.3) is 0 Å². The van der Waals surface area contributed by atoms with Crippen LogP contribution in [0.3, 0.4) is 0 Å². The normalized spacial score (nSPS) is 26.7. The van der Waals surface area contributed by atoms with Crippen LogP contribution in [0, 0.1) is 11.8 Å². The molecule has 1 aromatic carbocycles. The van der Waals surface area contributed by atoms with Gasteiger partial charge in [0.05, 0.1) is 17.5 Å². The van der Waals surface area contributed by atoms with Gasteiger partial charge in [-0.25, -0.2) is 4.90 Å². The molecule has 2 fully saturated rings. The van der Waals surface area contributed by atoms with Crippen molar-refractivity contribution in [3.05, 3.63) is 27.7 Å². The van der Waals surface area contributed by atoms with Crippen LogP contribution >= 0.6 is 27.5 Å². The first kappa shape index (κ1) is 13.1. The Morgan fingerprint density at radius 1 is 1.11 bits per heavy atom. The largest absolute Gasteiger partial charge is 0.274 e. The van der Waals surface area contributed by atoms with Gasteiger partial charge in [0, 0.05) is 9.50 Å². The zero-order chi connectivity index (χ0) is 13.6. The number of nitrogens with zero attached hydrogens (tertiary/aromatic N) is 1. The second kappa shape index (κ2) is 4.91. The predicted molar refractivity (Wildman–Crippen MR) is 77.1 cm³/mol. The van der Waals surface area contributed by atoms with Crippen molar-refractivity contribution in [3.63, 3.8) is 0 Å². The number of rotatable bonds is 1. The Morgan fingerprint density at radius 3 is 2.26 bits per heavy atom. The maximum Gasteiger partial charge on any atom is 0.237 e. The molecule has 0 N–H and O–H groups in total. The molecule has 0 radical (unpaired) electrons. The lowest BCUT2D eigenvalue weighted by atomic mass is 9.81. The first-order valence-electron chi connectivity index (χ1n) is 6.42. The third-order valence-electron chi connectivity index (χ3n) is 3.99. The second-order valence-electron chi connectivity index (χ2n) is 5.11.